The molecule has 2 aromatic carbocycles. The molecule has 2 N–H and O–H groups in total. The first kappa shape index (κ1) is 14.5. The summed E-state index contributed by atoms with van der Waals surface area (Å²) in [6.45, 7) is 0. The lowest BCUT2D eigenvalue weighted by molar-refractivity contribution is 0.538. The average Bonchev–Trinajstić information content (AvgIpc) is 2.36. The molecule has 0 fully saturated rings. The summed E-state index contributed by atoms with van der Waals surface area (Å²) in [6.07, 6.45) is 0. The molecule has 5 heteroatoms. The van der Waals surface area contributed by atoms with E-state index in [1.54, 1.807) is 0 Å². The summed E-state index contributed by atoms with van der Waals surface area (Å²) in [5, 5.41) is 0. The van der Waals surface area contributed by atoms with Gasteiger partial charge in [0, 0.05) is 26.7 Å². The Kier molecular flexibility index (Phi) is 4.96. The minimum atomic E-state index is -0.676. The van der Waals surface area contributed by atoms with Gasteiger partial charge in [0.2, 0.25) is 0 Å². The summed E-state index contributed by atoms with van der Waals surface area (Å²) >= 11 is 4.84. The van der Waals surface area contributed by atoms with Crippen molar-refractivity contribution in [2.24, 2.45) is 5.73 Å². The van der Waals surface area contributed by atoms with Crippen LogP contribution in [0, 0.1) is 11.6 Å². The van der Waals surface area contributed by atoms with Crippen LogP contribution >= 0.6 is 27.7 Å². The molecule has 0 heterocycles. The molecule has 2 aromatic rings. The van der Waals surface area contributed by atoms with Gasteiger partial charge in [0.1, 0.15) is 11.6 Å². The van der Waals surface area contributed by atoms with Crippen molar-refractivity contribution in [3.8, 4) is 0 Å². The summed E-state index contributed by atoms with van der Waals surface area (Å²) < 4.78 is 28.1. The lowest BCUT2D eigenvalue weighted by Crippen LogP contribution is -2.16. The second-order valence-corrected chi connectivity index (χ2v) is 6.02. The minimum Gasteiger partial charge on any atom is -0.323 e. The Balaban J connectivity index is 2.07. The highest BCUT2D eigenvalue weighted by Crippen LogP contribution is 2.27. The van der Waals surface area contributed by atoms with Crippen molar-refractivity contribution >= 4 is 27.7 Å². The Labute approximate surface area is 123 Å². The third-order valence-corrected chi connectivity index (χ3v) is 4.20. The van der Waals surface area contributed by atoms with E-state index in [0.29, 0.717) is 5.75 Å². The van der Waals surface area contributed by atoms with Crippen LogP contribution in [0.3, 0.4) is 0 Å². The largest absolute Gasteiger partial charge is 0.323 e. The molecule has 0 saturated carbocycles. The smallest absolute Gasteiger partial charge is 0.130 e. The zero-order valence-corrected chi connectivity index (χ0v) is 12.3. The van der Waals surface area contributed by atoms with E-state index in [2.05, 4.69) is 15.9 Å². The van der Waals surface area contributed by atoms with Gasteiger partial charge in [0.05, 0.1) is 0 Å². The van der Waals surface area contributed by atoms with Crippen LogP contribution in [0.1, 0.15) is 11.6 Å². The summed E-state index contributed by atoms with van der Waals surface area (Å²) in [7, 11) is 0. The Bertz CT molecular complexity index is 557. The van der Waals surface area contributed by atoms with E-state index in [1.807, 2.05) is 24.3 Å². The molecule has 1 nitrogen and oxygen atoms in total. The second kappa shape index (κ2) is 6.50. The Hall–Kier alpha value is -0.910. The zero-order valence-electron chi connectivity index (χ0n) is 9.95. The topological polar surface area (TPSA) is 26.0 Å². The fourth-order valence-corrected chi connectivity index (χ4v) is 3.17. The molecule has 19 heavy (non-hydrogen) atoms. The number of hydrogen-bond acceptors (Lipinski definition) is 2. The van der Waals surface area contributed by atoms with Gasteiger partial charge in [-0.2, -0.15) is 0 Å². The van der Waals surface area contributed by atoms with E-state index in [0.717, 1.165) is 9.37 Å². The molecule has 0 aromatic heterocycles. The van der Waals surface area contributed by atoms with Crippen molar-refractivity contribution < 1.29 is 8.78 Å². The molecule has 1 unspecified atom stereocenters. The van der Waals surface area contributed by atoms with Crippen LogP contribution in [0.15, 0.2) is 51.8 Å². The van der Waals surface area contributed by atoms with Crippen LogP contribution in [-0.2, 0) is 0 Å². The van der Waals surface area contributed by atoms with Crippen LogP contribution in [0.2, 0.25) is 0 Å². The van der Waals surface area contributed by atoms with Crippen molar-refractivity contribution in [1.82, 2.24) is 0 Å². The van der Waals surface area contributed by atoms with E-state index in [4.69, 9.17) is 5.73 Å². The van der Waals surface area contributed by atoms with Crippen molar-refractivity contribution in [2.45, 2.75) is 10.9 Å². The number of nitrogens with two attached hydrogens (primary N) is 1. The lowest BCUT2D eigenvalue weighted by Gasteiger charge is -2.13. The van der Waals surface area contributed by atoms with Crippen LogP contribution in [-0.4, -0.2) is 5.75 Å². The molecule has 0 bridgehead atoms. The Morgan fingerprint density at radius 3 is 2.37 bits per heavy atom. The molecule has 0 amide bonds. The first-order chi connectivity index (χ1) is 9.08. The third kappa shape index (κ3) is 3.78. The Morgan fingerprint density at radius 1 is 1.11 bits per heavy atom. The van der Waals surface area contributed by atoms with E-state index >= 15 is 0 Å². The van der Waals surface area contributed by atoms with Gasteiger partial charge < -0.3 is 5.73 Å². The molecule has 2 rings (SSSR count). The predicted octanol–water partition coefficient (Wildman–Crippen LogP) is 4.52. The number of benzene rings is 2. The van der Waals surface area contributed by atoms with Crippen molar-refractivity contribution in [3.05, 3.63) is 64.1 Å². The second-order valence-electron chi connectivity index (χ2n) is 4.01. The molecular weight excluding hydrogens is 332 g/mol. The fourth-order valence-electron chi connectivity index (χ4n) is 1.69. The monoisotopic (exact) mass is 343 g/mol. The normalized spacial score (nSPS) is 12.4. The molecule has 0 aliphatic rings. The molecule has 0 spiro atoms. The molecule has 1 atom stereocenters. The maximum atomic E-state index is 13.6. The molecule has 0 saturated heterocycles. The van der Waals surface area contributed by atoms with E-state index in [9.17, 15) is 8.78 Å². The minimum absolute atomic E-state index is 0.0509. The van der Waals surface area contributed by atoms with Crippen molar-refractivity contribution in [3.63, 3.8) is 0 Å². The third-order valence-electron chi connectivity index (χ3n) is 2.60. The first-order valence-electron chi connectivity index (χ1n) is 5.66. The fraction of sp³-hybridized carbons (Fsp3) is 0.143. The molecule has 0 aliphatic carbocycles. The highest BCUT2D eigenvalue weighted by atomic mass is 79.9. The predicted molar refractivity (Wildman–Crippen MR) is 78.2 cm³/mol. The lowest BCUT2D eigenvalue weighted by atomic mass is 10.1. The Morgan fingerprint density at radius 2 is 1.74 bits per heavy atom. The molecule has 0 radical (unpaired) electrons. The van der Waals surface area contributed by atoms with Gasteiger partial charge in [-0.25, -0.2) is 8.78 Å². The molecular formula is C14H12BrF2NS. The van der Waals surface area contributed by atoms with Crippen LogP contribution < -0.4 is 5.73 Å². The van der Waals surface area contributed by atoms with Gasteiger partial charge in [-0.15, -0.1) is 11.8 Å². The number of halogens is 3. The highest BCUT2D eigenvalue weighted by Gasteiger charge is 2.16. The van der Waals surface area contributed by atoms with Crippen molar-refractivity contribution in [1.29, 1.82) is 0 Å². The van der Waals surface area contributed by atoms with Gasteiger partial charge in [-0.1, -0.05) is 28.1 Å². The van der Waals surface area contributed by atoms with Gasteiger partial charge in [0.25, 0.3) is 0 Å². The van der Waals surface area contributed by atoms with Gasteiger partial charge in [-0.05, 0) is 30.3 Å². The summed E-state index contributed by atoms with van der Waals surface area (Å²) in [5.74, 6) is -0.779. The SMILES string of the molecule is NC(CSc1cccc(Br)c1)c1c(F)cccc1F. The maximum Gasteiger partial charge on any atom is 0.130 e. The summed E-state index contributed by atoms with van der Waals surface area (Å²) in [5.41, 5.74) is 5.82. The number of thioether (sulfide) groups is 1. The number of hydrogen-bond donors (Lipinski definition) is 1. The van der Waals surface area contributed by atoms with Gasteiger partial charge >= 0.3 is 0 Å². The molecule has 100 valence electrons. The standard InChI is InChI=1S/C14H12BrF2NS/c15-9-3-1-4-10(7-9)19-8-13(18)14-11(16)5-2-6-12(14)17/h1-7,13H,8,18H2. The van der Waals surface area contributed by atoms with E-state index in [-0.39, 0.29) is 5.56 Å². The first-order valence-corrected chi connectivity index (χ1v) is 7.43. The van der Waals surface area contributed by atoms with E-state index < -0.39 is 17.7 Å². The van der Waals surface area contributed by atoms with Gasteiger partial charge in [-0.3, -0.25) is 0 Å². The highest BCUT2D eigenvalue weighted by molar-refractivity contribution is 9.10. The van der Waals surface area contributed by atoms with Crippen LogP contribution in [0.5, 0.6) is 0 Å². The zero-order chi connectivity index (χ0) is 13.8. The number of rotatable bonds is 4. The quantitative estimate of drug-likeness (QED) is 0.826. The van der Waals surface area contributed by atoms with Crippen LogP contribution in [0.4, 0.5) is 8.78 Å². The maximum absolute atomic E-state index is 13.6. The van der Waals surface area contributed by atoms with Crippen LogP contribution in [0.25, 0.3) is 0 Å². The van der Waals surface area contributed by atoms with E-state index in [1.165, 1.54) is 30.0 Å². The summed E-state index contributed by atoms with van der Waals surface area (Å²) in [4.78, 5) is 1.00. The summed E-state index contributed by atoms with van der Waals surface area (Å²) in [6, 6.07) is 10.8. The molecule has 0 aliphatic heterocycles. The van der Waals surface area contributed by atoms with Gasteiger partial charge in [0.15, 0.2) is 0 Å². The average molecular weight is 344 g/mol. The van der Waals surface area contributed by atoms with Crippen molar-refractivity contribution in [2.75, 3.05) is 5.75 Å².